The minimum atomic E-state index is -0.175. The van der Waals surface area contributed by atoms with Crippen molar-refractivity contribution in [1.82, 2.24) is 0 Å². The molecule has 0 aliphatic rings. The van der Waals surface area contributed by atoms with E-state index in [4.69, 9.17) is 4.74 Å². The van der Waals surface area contributed by atoms with Gasteiger partial charge in [0.25, 0.3) is 0 Å². The number of hydrogen-bond acceptors (Lipinski definition) is 2. The molecule has 0 heterocycles. The van der Waals surface area contributed by atoms with Crippen LogP contribution in [0.1, 0.15) is 18.1 Å². The Bertz CT molecular complexity index is 556. The molecule has 0 N–H and O–H groups in total. The number of rotatable bonds is 4. The highest BCUT2D eigenvalue weighted by atomic mass is 16.5. The Morgan fingerprint density at radius 3 is 2.42 bits per heavy atom. The highest BCUT2D eigenvalue weighted by Gasteiger charge is 2.04. The molecule has 0 saturated heterocycles. The van der Waals surface area contributed by atoms with E-state index in [1.54, 1.807) is 0 Å². The van der Waals surface area contributed by atoms with Gasteiger partial charge in [-0.2, -0.15) is 0 Å². The van der Waals surface area contributed by atoms with Crippen LogP contribution in [0.15, 0.2) is 48.5 Å². The van der Waals surface area contributed by atoms with Gasteiger partial charge in [0.1, 0.15) is 0 Å². The average molecular weight is 254 g/mol. The lowest BCUT2D eigenvalue weighted by atomic mass is 10.0. The monoisotopic (exact) mass is 254 g/mol. The molecule has 0 spiro atoms. The number of aryl methyl sites for hydroxylation is 1. The molecular weight excluding hydrogens is 236 g/mol. The lowest BCUT2D eigenvalue weighted by molar-refractivity contribution is -0.142. The molecule has 0 radical (unpaired) electrons. The molecule has 0 amide bonds. The maximum atomic E-state index is 11.4. The summed E-state index contributed by atoms with van der Waals surface area (Å²) in [6, 6.07) is 16.4. The molecule has 2 heteroatoms. The molecule has 0 unspecified atom stereocenters. The summed E-state index contributed by atoms with van der Waals surface area (Å²) in [5.41, 5.74) is 4.59. The second-order valence-corrected chi connectivity index (χ2v) is 4.55. The Morgan fingerprint density at radius 1 is 1.05 bits per heavy atom. The Morgan fingerprint density at radius 2 is 1.79 bits per heavy atom. The molecule has 0 bridgehead atoms. The first-order valence-corrected chi connectivity index (χ1v) is 6.50. The first kappa shape index (κ1) is 13.3. The van der Waals surface area contributed by atoms with E-state index < -0.39 is 0 Å². The number of carbonyl (C=O) groups excluding carboxylic acids is 1. The van der Waals surface area contributed by atoms with E-state index >= 15 is 0 Å². The van der Waals surface area contributed by atoms with E-state index in [9.17, 15) is 4.79 Å². The third kappa shape index (κ3) is 3.68. The summed E-state index contributed by atoms with van der Waals surface area (Å²) < 4.78 is 4.94. The maximum absolute atomic E-state index is 11.4. The van der Waals surface area contributed by atoms with E-state index in [1.165, 1.54) is 11.1 Å². The van der Waals surface area contributed by atoms with Crippen LogP contribution in [0.2, 0.25) is 0 Å². The molecule has 0 aromatic heterocycles. The topological polar surface area (TPSA) is 26.3 Å². The van der Waals surface area contributed by atoms with Gasteiger partial charge < -0.3 is 4.74 Å². The van der Waals surface area contributed by atoms with Crippen LogP contribution in [-0.2, 0) is 16.0 Å². The van der Waals surface area contributed by atoms with Crippen LogP contribution in [-0.4, -0.2) is 12.6 Å². The van der Waals surface area contributed by atoms with Gasteiger partial charge in [-0.15, -0.1) is 0 Å². The van der Waals surface area contributed by atoms with Gasteiger partial charge in [0.2, 0.25) is 0 Å². The first-order valence-electron chi connectivity index (χ1n) is 6.50. The molecule has 2 aromatic carbocycles. The fourth-order valence-corrected chi connectivity index (χ4v) is 2.02. The Balaban J connectivity index is 2.12. The fourth-order valence-electron chi connectivity index (χ4n) is 2.02. The fraction of sp³-hybridized carbons (Fsp3) is 0.235. The summed E-state index contributed by atoms with van der Waals surface area (Å²) in [6.07, 6.45) is 0.335. The highest BCUT2D eigenvalue weighted by molar-refractivity contribution is 5.73. The average Bonchev–Trinajstić information content (AvgIpc) is 2.40. The van der Waals surface area contributed by atoms with Crippen molar-refractivity contribution < 1.29 is 9.53 Å². The standard InChI is InChI=1S/C17H18O2/c1-3-19-17(18)12-14-7-9-15(10-8-14)16-6-4-5-13(2)11-16/h4-11H,3,12H2,1-2H3. The van der Waals surface area contributed by atoms with Crippen LogP contribution in [0, 0.1) is 6.92 Å². The van der Waals surface area contributed by atoms with Gasteiger partial charge in [0.15, 0.2) is 0 Å². The van der Waals surface area contributed by atoms with E-state index in [2.05, 4.69) is 31.2 Å². The van der Waals surface area contributed by atoms with Gasteiger partial charge in [0, 0.05) is 0 Å². The molecule has 0 aliphatic carbocycles. The normalized spacial score (nSPS) is 10.2. The van der Waals surface area contributed by atoms with Crippen LogP contribution in [0.25, 0.3) is 11.1 Å². The van der Waals surface area contributed by atoms with Gasteiger partial charge in [-0.25, -0.2) is 0 Å². The van der Waals surface area contributed by atoms with Crippen LogP contribution in [0.5, 0.6) is 0 Å². The number of ether oxygens (including phenoxy) is 1. The second kappa shape index (κ2) is 6.19. The lowest BCUT2D eigenvalue weighted by Gasteiger charge is -2.05. The van der Waals surface area contributed by atoms with Gasteiger partial charge in [-0.1, -0.05) is 54.1 Å². The molecule has 0 saturated carbocycles. The quantitative estimate of drug-likeness (QED) is 0.776. The highest BCUT2D eigenvalue weighted by Crippen LogP contribution is 2.21. The second-order valence-electron chi connectivity index (χ2n) is 4.55. The SMILES string of the molecule is CCOC(=O)Cc1ccc(-c2cccc(C)c2)cc1. The van der Waals surface area contributed by atoms with E-state index in [1.807, 2.05) is 31.2 Å². The molecule has 2 aromatic rings. The number of hydrogen-bond donors (Lipinski definition) is 0. The minimum Gasteiger partial charge on any atom is -0.466 e. The summed E-state index contributed by atoms with van der Waals surface area (Å²) in [7, 11) is 0. The predicted molar refractivity (Wildman–Crippen MR) is 77.0 cm³/mol. The molecular formula is C17H18O2. The zero-order valence-electron chi connectivity index (χ0n) is 11.3. The number of carbonyl (C=O) groups is 1. The number of benzene rings is 2. The van der Waals surface area contributed by atoms with Crippen LogP contribution < -0.4 is 0 Å². The lowest BCUT2D eigenvalue weighted by Crippen LogP contribution is -2.07. The van der Waals surface area contributed by atoms with Crippen molar-refractivity contribution in [1.29, 1.82) is 0 Å². The zero-order chi connectivity index (χ0) is 13.7. The van der Waals surface area contributed by atoms with Crippen molar-refractivity contribution in [2.24, 2.45) is 0 Å². The molecule has 0 fully saturated rings. The van der Waals surface area contributed by atoms with Gasteiger partial charge >= 0.3 is 5.97 Å². The maximum Gasteiger partial charge on any atom is 0.310 e. The smallest absolute Gasteiger partial charge is 0.310 e. The Labute approximate surface area is 114 Å². The predicted octanol–water partition coefficient (Wildman–Crippen LogP) is 3.77. The Hall–Kier alpha value is -2.09. The van der Waals surface area contributed by atoms with Crippen molar-refractivity contribution >= 4 is 5.97 Å². The largest absolute Gasteiger partial charge is 0.466 e. The van der Waals surface area contributed by atoms with Crippen molar-refractivity contribution in [3.63, 3.8) is 0 Å². The van der Waals surface area contributed by atoms with Crippen molar-refractivity contribution in [2.75, 3.05) is 6.61 Å². The van der Waals surface area contributed by atoms with Crippen molar-refractivity contribution in [3.05, 3.63) is 59.7 Å². The van der Waals surface area contributed by atoms with Gasteiger partial charge in [0.05, 0.1) is 13.0 Å². The summed E-state index contributed by atoms with van der Waals surface area (Å²) >= 11 is 0. The minimum absolute atomic E-state index is 0.175. The first-order chi connectivity index (χ1) is 9.19. The van der Waals surface area contributed by atoms with Gasteiger partial charge in [-0.3, -0.25) is 4.79 Å². The van der Waals surface area contributed by atoms with Crippen LogP contribution in [0.3, 0.4) is 0 Å². The molecule has 19 heavy (non-hydrogen) atoms. The van der Waals surface area contributed by atoms with Crippen molar-refractivity contribution in [2.45, 2.75) is 20.3 Å². The van der Waals surface area contributed by atoms with E-state index in [0.29, 0.717) is 13.0 Å². The van der Waals surface area contributed by atoms with Crippen LogP contribution in [0.4, 0.5) is 0 Å². The third-order valence-electron chi connectivity index (χ3n) is 2.96. The third-order valence-corrected chi connectivity index (χ3v) is 2.96. The summed E-state index contributed by atoms with van der Waals surface area (Å²) in [5.74, 6) is -0.175. The van der Waals surface area contributed by atoms with Crippen LogP contribution >= 0.6 is 0 Å². The summed E-state index contributed by atoms with van der Waals surface area (Å²) in [5, 5.41) is 0. The molecule has 2 nitrogen and oxygen atoms in total. The summed E-state index contributed by atoms with van der Waals surface area (Å²) in [4.78, 5) is 11.4. The van der Waals surface area contributed by atoms with Crippen molar-refractivity contribution in [3.8, 4) is 11.1 Å². The molecule has 0 aliphatic heterocycles. The Kier molecular flexibility index (Phi) is 4.35. The summed E-state index contributed by atoms with van der Waals surface area (Å²) in [6.45, 7) is 4.33. The van der Waals surface area contributed by atoms with E-state index in [-0.39, 0.29) is 5.97 Å². The number of esters is 1. The molecule has 0 atom stereocenters. The molecule has 2 rings (SSSR count). The van der Waals surface area contributed by atoms with Gasteiger partial charge in [-0.05, 0) is 30.5 Å². The molecule has 98 valence electrons. The van der Waals surface area contributed by atoms with E-state index in [0.717, 1.165) is 11.1 Å². The zero-order valence-corrected chi connectivity index (χ0v) is 11.3.